The number of furan rings is 1. The molecule has 1 aromatic heterocycles. The summed E-state index contributed by atoms with van der Waals surface area (Å²) in [5.74, 6) is -0.825. The average molecular weight is 344 g/mol. The van der Waals surface area contributed by atoms with Crippen molar-refractivity contribution < 1.29 is 23.5 Å². The summed E-state index contributed by atoms with van der Waals surface area (Å²) in [7, 11) is 0. The first-order valence-electron chi connectivity index (χ1n) is 7.88. The Hall–Kier alpha value is -3.09. The van der Waals surface area contributed by atoms with Crippen molar-refractivity contribution in [3.05, 3.63) is 54.0 Å². The third-order valence-electron chi connectivity index (χ3n) is 3.13. The molecule has 0 saturated carbocycles. The van der Waals surface area contributed by atoms with E-state index in [2.05, 4.69) is 10.6 Å². The van der Waals surface area contributed by atoms with Crippen molar-refractivity contribution in [2.24, 2.45) is 0 Å². The summed E-state index contributed by atoms with van der Waals surface area (Å²) >= 11 is 0. The van der Waals surface area contributed by atoms with Crippen molar-refractivity contribution in [1.82, 2.24) is 5.32 Å². The molecule has 0 aliphatic rings. The van der Waals surface area contributed by atoms with Gasteiger partial charge in [0.15, 0.2) is 5.76 Å². The first-order chi connectivity index (χ1) is 12.0. The highest BCUT2D eigenvalue weighted by Gasteiger charge is 2.11. The van der Waals surface area contributed by atoms with Gasteiger partial charge in [-0.05, 0) is 50.2 Å². The van der Waals surface area contributed by atoms with Crippen LogP contribution in [0.5, 0.6) is 0 Å². The van der Waals surface area contributed by atoms with Crippen molar-refractivity contribution in [3.8, 4) is 0 Å². The summed E-state index contributed by atoms with van der Waals surface area (Å²) in [6.07, 6.45) is 1.35. The molecular formula is C18H20N2O5. The molecule has 0 unspecified atom stereocenters. The van der Waals surface area contributed by atoms with E-state index in [4.69, 9.17) is 9.15 Å². The Morgan fingerprint density at radius 3 is 2.40 bits per heavy atom. The second-order valence-electron chi connectivity index (χ2n) is 5.55. The van der Waals surface area contributed by atoms with Gasteiger partial charge >= 0.3 is 5.97 Å². The van der Waals surface area contributed by atoms with Crippen LogP contribution in [0.15, 0.2) is 47.1 Å². The van der Waals surface area contributed by atoms with Crippen LogP contribution in [0.1, 0.15) is 41.2 Å². The molecular weight excluding hydrogens is 324 g/mol. The zero-order chi connectivity index (χ0) is 18.2. The number of carbonyl (C=O) groups is 3. The van der Waals surface area contributed by atoms with Crippen molar-refractivity contribution in [3.63, 3.8) is 0 Å². The minimum atomic E-state index is -0.370. The van der Waals surface area contributed by atoms with Crippen molar-refractivity contribution >= 4 is 23.5 Å². The molecule has 0 saturated heterocycles. The summed E-state index contributed by atoms with van der Waals surface area (Å²) in [6.45, 7) is 3.73. The summed E-state index contributed by atoms with van der Waals surface area (Å²) in [6, 6.07) is 9.57. The molecule has 0 aliphatic carbocycles. The van der Waals surface area contributed by atoms with Crippen molar-refractivity contribution in [2.45, 2.75) is 26.4 Å². The SMILES string of the molecule is CC(C)OC(=O)CCNC(=O)c1ccc(NC(=O)c2ccco2)cc1. The fourth-order valence-electron chi connectivity index (χ4n) is 2.01. The Balaban J connectivity index is 1.81. The number of hydrogen-bond donors (Lipinski definition) is 2. The topological polar surface area (TPSA) is 97.6 Å². The number of carbonyl (C=O) groups excluding carboxylic acids is 3. The number of amides is 2. The van der Waals surface area contributed by atoms with Crippen molar-refractivity contribution in [2.75, 3.05) is 11.9 Å². The standard InChI is InChI=1S/C18H20N2O5/c1-12(2)25-16(21)9-10-19-17(22)13-5-7-14(8-6-13)20-18(23)15-4-3-11-24-15/h3-8,11-12H,9-10H2,1-2H3,(H,19,22)(H,20,23). The number of rotatable bonds is 7. The third kappa shape index (κ3) is 5.80. The first kappa shape index (κ1) is 18.3. The van der Waals surface area contributed by atoms with Gasteiger partial charge in [0, 0.05) is 17.8 Å². The van der Waals surface area contributed by atoms with Crippen LogP contribution in [-0.4, -0.2) is 30.4 Å². The average Bonchev–Trinajstić information content (AvgIpc) is 3.09. The zero-order valence-electron chi connectivity index (χ0n) is 14.1. The fraction of sp³-hybridized carbons (Fsp3) is 0.278. The number of benzene rings is 1. The smallest absolute Gasteiger partial charge is 0.307 e. The minimum Gasteiger partial charge on any atom is -0.463 e. The van der Waals surface area contributed by atoms with E-state index < -0.39 is 0 Å². The molecule has 0 radical (unpaired) electrons. The normalized spacial score (nSPS) is 10.4. The summed E-state index contributed by atoms with van der Waals surface area (Å²) in [5, 5.41) is 5.30. The Kier molecular flexibility index (Phi) is 6.33. The number of ether oxygens (including phenoxy) is 1. The molecule has 2 amide bonds. The Morgan fingerprint density at radius 1 is 1.08 bits per heavy atom. The molecule has 0 spiro atoms. The van der Waals surface area contributed by atoms with E-state index in [0.29, 0.717) is 11.3 Å². The maximum Gasteiger partial charge on any atom is 0.307 e. The van der Waals surface area contributed by atoms with Crippen LogP contribution in [0.3, 0.4) is 0 Å². The lowest BCUT2D eigenvalue weighted by atomic mass is 10.2. The first-order valence-corrected chi connectivity index (χ1v) is 7.88. The maximum absolute atomic E-state index is 12.0. The lowest BCUT2D eigenvalue weighted by molar-refractivity contribution is -0.147. The molecule has 25 heavy (non-hydrogen) atoms. The van der Waals surface area contributed by atoms with E-state index in [9.17, 15) is 14.4 Å². The maximum atomic E-state index is 12.0. The molecule has 2 aromatic rings. The molecule has 7 heteroatoms. The van der Waals surface area contributed by atoms with Gasteiger partial charge in [-0.1, -0.05) is 0 Å². The van der Waals surface area contributed by atoms with E-state index in [1.54, 1.807) is 50.2 Å². The predicted octanol–water partition coefficient (Wildman–Crippen LogP) is 2.60. The predicted molar refractivity (Wildman–Crippen MR) is 91.3 cm³/mol. The number of hydrogen-bond acceptors (Lipinski definition) is 5. The molecule has 1 aromatic carbocycles. The van der Waals surface area contributed by atoms with Gasteiger partial charge in [-0.25, -0.2) is 0 Å². The molecule has 0 atom stereocenters. The highest BCUT2D eigenvalue weighted by molar-refractivity contribution is 6.02. The largest absolute Gasteiger partial charge is 0.463 e. The van der Waals surface area contributed by atoms with E-state index >= 15 is 0 Å². The van der Waals surface area contributed by atoms with Crippen LogP contribution in [0, 0.1) is 0 Å². The lowest BCUT2D eigenvalue weighted by Crippen LogP contribution is -2.27. The van der Waals surface area contributed by atoms with Crippen molar-refractivity contribution in [1.29, 1.82) is 0 Å². The lowest BCUT2D eigenvalue weighted by Gasteiger charge is -2.09. The van der Waals surface area contributed by atoms with Gasteiger partial charge in [-0.2, -0.15) is 0 Å². The van der Waals surface area contributed by atoms with Gasteiger partial charge in [-0.3, -0.25) is 14.4 Å². The van der Waals surface area contributed by atoms with E-state index in [0.717, 1.165) is 0 Å². The van der Waals surface area contributed by atoms with Crippen LogP contribution in [0.2, 0.25) is 0 Å². The van der Waals surface area contributed by atoms with Gasteiger partial charge in [-0.15, -0.1) is 0 Å². The van der Waals surface area contributed by atoms with Crippen LogP contribution < -0.4 is 10.6 Å². The summed E-state index contributed by atoms with van der Waals surface area (Å²) < 4.78 is 9.99. The van der Waals surface area contributed by atoms with Gasteiger partial charge < -0.3 is 19.8 Å². The zero-order valence-corrected chi connectivity index (χ0v) is 14.1. The second kappa shape index (κ2) is 8.68. The molecule has 2 rings (SSSR count). The van der Waals surface area contributed by atoms with Crippen LogP contribution >= 0.6 is 0 Å². The third-order valence-corrected chi connectivity index (χ3v) is 3.13. The van der Waals surface area contributed by atoms with Crippen LogP contribution in [0.4, 0.5) is 5.69 Å². The van der Waals surface area contributed by atoms with Crippen LogP contribution in [0.25, 0.3) is 0 Å². The van der Waals surface area contributed by atoms with Gasteiger partial charge in [0.25, 0.3) is 11.8 Å². The summed E-state index contributed by atoms with van der Waals surface area (Å²) in [5.41, 5.74) is 0.965. The molecule has 2 N–H and O–H groups in total. The van der Waals surface area contributed by atoms with E-state index in [1.165, 1.54) is 6.26 Å². The Bertz CT molecular complexity index is 720. The fourth-order valence-corrected chi connectivity index (χ4v) is 2.01. The van der Waals surface area contributed by atoms with Gasteiger partial charge in [0.1, 0.15) is 0 Å². The highest BCUT2D eigenvalue weighted by Crippen LogP contribution is 2.12. The molecule has 0 fully saturated rings. The van der Waals surface area contributed by atoms with Crippen LogP contribution in [-0.2, 0) is 9.53 Å². The summed E-state index contributed by atoms with van der Waals surface area (Å²) in [4.78, 5) is 35.2. The highest BCUT2D eigenvalue weighted by atomic mass is 16.5. The number of nitrogens with one attached hydrogen (secondary N) is 2. The van der Waals surface area contributed by atoms with Gasteiger partial charge in [0.05, 0.1) is 18.8 Å². The van der Waals surface area contributed by atoms with E-state index in [1.807, 2.05) is 0 Å². The Labute approximate surface area is 145 Å². The quantitative estimate of drug-likeness (QED) is 0.753. The second-order valence-corrected chi connectivity index (χ2v) is 5.55. The molecule has 7 nitrogen and oxygen atoms in total. The molecule has 0 bridgehead atoms. The number of esters is 1. The molecule has 0 aliphatic heterocycles. The molecule has 132 valence electrons. The molecule has 1 heterocycles. The van der Waals surface area contributed by atoms with Gasteiger partial charge in [0.2, 0.25) is 0 Å². The number of anilines is 1. The monoisotopic (exact) mass is 344 g/mol. The van der Waals surface area contributed by atoms with E-state index in [-0.39, 0.29) is 42.6 Å². The minimum absolute atomic E-state index is 0.112. The Morgan fingerprint density at radius 2 is 1.80 bits per heavy atom.